The van der Waals surface area contributed by atoms with Crippen LogP contribution >= 0.6 is 0 Å². The lowest BCUT2D eigenvalue weighted by Crippen LogP contribution is -2.22. The maximum atomic E-state index is 5.87. The average molecular weight is 262 g/mol. The zero-order valence-electron chi connectivity index (χ0n) is 12.6. The molecule has 4 nitrogen and oxygen atoms in total. The van der Waals surface area contributed by atoms with Gasteiger partial charge in [0.05, 0.1) is 0 Å². The highest BCUT2D eigenvalue weighted by Gasteiger charge is 2.27. The number of rotatable bonds is 2. The minimum absolute atomic E-state index is 0.0787. The van der Waals surface area contributed by atoms with Gasteiger partial charge in [-0.1, -0.05) is 47.0 Å². The predicted molar refractivity (Wildman–Crippen MR) is 77.9 cm³/mol. The Hall–Kier alpha value is -1.19. The van der Waals surface area contributed by atoms with Crippen LogP contribution in [0.15, 0.2) is 0 Å². The fourth-order valence-electron chi connectivity index (χ4n) is 2.82. The van der Waals surface area contributed by atoms with Gasteiger partial charge in [0.15, 0.2) is 0 Å². The lowest BCUT2D eigenvalue weighted by Gasteiger charge is -2.28. The largest absolute Gasteiger partial charge is 0.368 e. The fourth-order valence-corrected chi connectivity index (χ4v) is 2.82. The van der Waals surface area contributed by atoms with Crippen LogP contribution in [0.1, 0.15) is 77.4 Å². The number of nitrogens with zero attached hydrogens (tertiary/aromatic N) is 3. The molecule has 0 aromatic carbocycles. The summed E-state index contributed by atoms with van der Waals surface area (Å²) in [5.41, 5.74) is 5.79. The Bertz CT molecular complexity index is 436. The minimum Gasteiger partial charge on any atom is -0.368 e. The summed E-state index contributed by atoms with van der Waals surface area (Å²) in [4.78, 5) is 13.4. The number of nitrogen functional groups attached to an aromatic ring is 1. The van der Waals surface area contributed by atoms with Gasteiger partial charge in [0.2, 0.25) is 5.95 Å². The predicted octanol–water partition coefficient (Wildman–Crippen LogP) is 3.44. The molecule has 2 rings (SSSR count). The summed E-state index contributed by atoms with van der Waals surface area (Å²) in [5.74, 6) is 3.37. The van der Waals surface area contributed by atoms with Crippen LogP contribution < -0.4 is 5.73 Å². The number of anilines is 1. The van der Waals surface area contributed by atoms with E-state index in [1.807, 2.05) is 0 Å². The molecule has 2 unspecified atom stereocenters. The third-order valence-corrected chi connectivity index (χ3v) is 4.07. The third-order valence-electron chi connectivity index (χ3n) is 4.07. The molecular weight excluding hydrogens is 236 g/mol. The number of nitrogens with two attached hydrogens (primary N) is 1. The Morgan fingerprint density at radius 2 is 1.89 bits per heavy atom. The van der Waals surface area contributed by atoms with E-state index in [4.69, 9.17) is 10.7 Å². The molecule has 0 saturated heterocycles. The zero-order chi connectivity index (χ0) is 14.0. The minimum atomic E-state index is -0.0787. The summed E-state index contributed by atoms with van der Waals surface area (Å²) in [7, 11) is 0. The lowest BCUT2D eigenvalue weighted by molar-refractivity contribution is 0.306. The zero-order valence-corrected chi connectivity index (χ0v) is 12.6. The summed E-state index contributed by atoms with van der Waals surface area (Å²) >= 11 is 0. The second kappa shape index (κ2) is 5.43. The molecule has 0 bridgehead atoms. The molecule has 0 spiro atoms. The van der Waals surface area contributed by atoms with Crippen molar-refractivity contribution < 1.29 is 0 Å². The molecule has 1 aliphatic rings. The Labute approximate surface area is 116 Å². The standard InChI is InChI=1S/C15H26N4/c1-5-10-7-6-8-11(9-10)12-17-13(15(2,3)4)19-14(16)18-12/h10-11H,5-9H2,1-4H3,(H2,16,17,18,19). The summed E-state index contributed by atoms with van der Waals surface area (Å²) < 4.78 is 0. The Morgan fingerprint density at radius 1 is 1.16 bits per heavy atom. The number of aromatic nitrogens is 3. The quantitative estimate of drug-likeness (QED) is 0.886. The molecule has 1 aliphatic carbocycles. The smallest absolute Gasteiger partial charge is 0.223 e. The first kappa shape index (κ1) is 14.2. The van der Waals surface area contributed by atoms with Crippen molar-refractivity contribution in [3.63, 3.8) is 0 Å². The summed E-state index contributed by atoms with van der Waals surface area (Å²) in [6.07, 6.45) is 6.26. The molecule has 1 fully saturated rings. The topological polar surface area (TPSA) is 64.7 Å². The molecule has 1 aromatic rings. The van der Waals surface area contributed by atoms with E-state index >= 15 is 0 Å². The molecule has 2 atom stereocenters. The monoisotopic (exact) mass is 262 g/mol. The highest BCUT2D eigenvalue weighted by atomic mass is 15.1. The highest BCUT2D eigenvalue weighted by molar-refractivity contribution is 5.20. The molecule has 19 heavy (non-hydrogen) atoms. The van der Waals surface area contributed by atoms with Gasteiger partial charge >= 0.3 is 0 Å². The molecule has 2 N–H and O–H groups in total. The van der Waals surface area contributed by atoms with Crippen LogP contribution in [0.4, 0.5) is 5.95 Å². The van der Waals surface area contributed by atoms with Crippen molar-refractivity contribution in [2.45, 2.75) is 71.1 Å². The molecule has 4 heteroatoms. The van der Waals surface area contributed by atoms with Gasteiger partial charge in [-0.3, -0.25) is 0 Å². The summed E-state index contributed by atoms with van der Waals surface area (Å²) in [6.45, 7) is 8.61. The maximum absolute atomic E-state index is 5.87. The van der Waals surface area contributed by atoms with E-state index in [1.54, 1.807) is 0 Å². The van der Waals surface area contributed by atoms with Crippen LogP contribution in [-0.2, 0) is 5.41 Å². The van der Waals surface area contributed by atoms with Crippen molar-refractivity contribution in [3.8, 4) is 0 Å². The summed E-state index contributed by atoms with van der Waals surface area (Å²) in [5, 5.41) is 0. The number of hydrogen-bond acceptors (Lipinski definition) is 4. The average Bonchev–Trinajstić information content (AvgIpc) is 2.37. The third kappa shape index (κ3) is 3.43. The first-order valence-electron chi connectivity index (χ1n) is 7.42. The van der Waals surface area contributed by atoms with Gasteiger partial charge in [0.1, 0.15) is 11.6 Å². The second-order valence-electron chi connectivity index (χ2n) is 6.76. The first-order valence-corrected chi connectivity index (χ1v) is 7.42. The SMILES string of the molecule is CCC1CCCC(c2nc(N)nc(C(C)(C)C)n2)C1. The van der Waals surface area contributed by atoms with Gasteiger partial charge in [0, 0.05) is 11.3 Å². The van der Waals surface area contributed by atoms with Crippen LogP contribution in [0.2, 0.25) is 0 Å². The Balaban J connectivity index is 2.26. The molecule has 0 radical (unpaired) electrons. The van der Waals surface area contributed by atoms with Crippen LogP contribution in [0, 0.1) is 5.92 Å². The highest BCUT2D eigenvalue weighted by Crippen LogP contribution is 2.36. The van der Waals surface area contributed by atoms with Crippen LogP contribution in [0.25, 0.3) is 0 Å². The first-order chi connectivity index (χ1) is 8.90. The van der Waals surface area contributed by atoms with Gasteiger partial charge in [-0.25, -0.2) is 4.98 Å². The van der Waals surface area contributed by atoms with E-state index < -0.39 is 0 Å². The molecule has 0 aliphatic heterocycles. The van der Waals surface area contributed by atoms with Crippen molar-refractivity contribution in [2.24, 2.45) is 5.92 Å². The normalized spacial score (nSPS) is 24.4. The van der Waals surface area contributed by atoms with Gasteiger partial charge in [-0.15, -0.1) is 0 Å². The van der Waals surface area contributed by atoms with E-state index in [2.05, 4.69) is 37.7 Å². The van der Waals surface area contributed by atoms with Gasteiger partial charge < -0.3 is 5.73 Å². The van der Waals surface area contributed by atoms with Crippen molar-refractivity contribution >= 4 is 5.95 Å². The van der Waals surface area contributed by atoms with E-state index in [1.165, 1.54) is 32.1 Å². The van der Waals surface area contributed by atoms with Crippen LogP contribution in [0.3, 0.4) is 0 Å². The van der Waals surface area contributed by atoms with Crippen molar-refractivity contribution in [3.05, 3.63) is 11.6 Å². The molecule has 1 aromatic heterocycles. The molecular formula is C15H26N4. The molecule has 0 amide bonds. The Kier molecular flexibility index (Phi) is 4.07. The molecule has 1 saturated carbocycles. The number of hydrogen-bond donors (Lipinski definition) is 1. The van der Waals surface area contributed by atoms with E-state index in [0.717, 1.165) is 17.6 Å². The maximum Gasteiger partial charge on any atom is 0.223 e. The van der Waals surface area contributed by atoms with Gasteiger partial charge in [-0.05, 0) is 18.8 Å². The lowest BCUT2D eigenvalue weighted by atomic mass is 9.80. The van der Waals surface area contributed by atoms with E-state index in [9.17, 15) is 0 Å². The summed E-state index contributed by atoms with van der Waals surface area (Å²) in [6, 6.07) is 0. The van der Waals surface area contributed by atoms with Gasteiger partial charge in [-0.2, -0.15) is 9.97 Å². The van der Waals surface area contributed by atoms with E-state index in [-0.39, 0.29) is 5.41 Å². The van der Waals surface area contributed by atoms with E-state index in [0.29, 0.717) is 11.9 Å². The fraction of sp³-hybridized carbons (Fsp3) is 0.800. The van der Waals surface area contributed by atoms with Crippen molar-refractivity contribution in [1.82, 2.24) is 15.0 Å². The Morgan fingerprint density at radius 3 is 2.53 bits per heavy atom. The molecule has 1 heterocycles. The molecule has 106 valence electrons. The van der Waals surface area contributed by atoms with Crippen LogP contribution in [-0.4, -0.2) is 15.0 Å². The van der Waals surface area contributed by atoms with Gasteiger partial charge in [0.25, 0.3) is 0 Å². The van der Waals surface area contributed by atoms with Crippen molar-refractivity contribution in [2.75, 3.05) is 5.73 Å². The second-order valence-corrected chi connectivity index (χ2v) is 6.76. The van der Waals surface area contributed by atoms with Crippen molar-refractivity contribution in [1.29, 1.82) is 0 Å². The van der Waals surface area contributed by atoms with Crippen LogP contribution in [0.5, 0.6) is 0 Å².